The van der Waals surface area contributed by atoms with Gasteiger partial charge in [0.05, 0.1) is 13.5 Å². The molecule has 0 aromatic carbocycles. The Morgan fingerprint density at radius 2 is 2.00 bits per heavy atom. The first-order chi connectivity index (χ1) is 4.57. The van der Waals surface area contributed by atoms with Crippen LogP contribution in [0.1, 0.15) is 13.3 Å². The summed E-state index contributed by atoms with van der Waals surface area (Å²) in [5.41, 5.74) is -0.296. The highest BCUT2D eigenvalue weighted by Gasteiger charge is 2.10. The van der Waals surface area contributed by atoms with E-state index in [9.17, 15) is 9.59 Å². The first-order valence-corrected chi connectivity index (χ1v) is 2.73. The molecule has 10 heavy (non-hydrogen) atoms. The van der Waals surface area contributed by atoms with Gasteiger partial charge in [0.25, 0.3) is 0 Å². The van der Waals surface area contributed by atoms with Gasteiger partial charge in [-0.25, -0.2) is 4.79 Å². The number of carbonyl (C=O) groups is 2. The highest BCUT2D eigenvalue weighted by atomic mass is 16.5. The smallest absolute Gasteiger partial charge is 0.352 e. The van der Waals surface area contributed by atoms with Crippen molar-refractivity contribution >= 4 is 17.5 Å². The third-order valence-corrected chi connectivity index (χ3v) is 0.858. The predicted molar refractivity (Wildman–Crippen MR) is 35.0 cm³/mol. The lowest BCUT2D eigenvalue weighted by Gasteiger charge is -1.96. The fraction of sp³-hybridized carbons (Fsp3) is 0.500. The second kappa shape index (κ2) is 3.76. The molecule has 0 saturated carbocycles. The number of esters is 1. The second-order valence-electron chi connectivity index (χ2n) is 1.85. The number of hydrogen-bond donors (Lipinski definition) is 1. The van der Waals surface area contributed by atoms with Gasteiger partial charge in [0.1, 0.15) is 11.5 Å². The average molecular weight is 143 g/mol. The van der Waals surface area contributed by atoms with Crippen molar-refractivity contribution < 1.29 is 14.3 Å². The summed E-state index contributed by atoms with van der Waals surface area (Å²) in [5.74, 6) is -0.953. The van der Waals surface area contributed by atoms with Gasteiger partial charge in [-0.2, -0.15) is 0 Å². The van der Waals surface area contributed by atoms with Crippen LogP contribution in [0.25, 0.3) is 0 Å². The largest absolute Gasteiger partial charge is 0.465 e. The van der Waals surface area contributed by atoms with Crippen LogP contribution in [0.4, 0.5) is 0 Å². The maximum Gasteiger partial charge on any atom is 0.352 e. The van der Waals surface area contributed by atoms with Crippen LogP contribution in [0.2, 0.25) is 0 Å². The maximum absolute atomic E-state index is 10.4. The zero-order valence-electron chi connectivity index (χ0n) is 5.93. The number of hydrogen-bond acceptors (Lipinski definition) is 4. The molecule has 0 fully saturated rings. The highest BCUT2D eigenvalue weighted by Crippen LogP contribution is 1.87. The van der Waals surface area contributed by atoms with Crippen LogP contribution in [0.5, 0.6) is 0 Å². The first-order valence-electron chi connectivity index (χ1n) is 2.73. The fourth-order valence-electron chi connectivity index (χ4n) is 0.444. The van der Waals surface area contributed by atoms with Crippen molar-refractivity contribution in [3.63, 3.8) is 0 Å². The van der Waals surface area contributed by atoms with Crippen LogP contribution in [0.3, 0.4) is 0 Å². The van der Waals surface area contributed by atoms with Gasteiger partial charge in [-0.15, -0.1) is 0 Å². The number of methoxy groups -OCH3 is 1. The number of ketones is 1. The lowest BCUT2D eigenvalue weighted by atomic mass is 10.2. The van der Waals surface area contributed by atoms with Crippen LogP contribution in [0, 0.1) is 5.41 Å². The summed E-state index contributed by atoms with van der Waals surface area (Å²) in [7, 11) is 1.18. The van der Waals surface area contributed by atoms with E-state index in [1.54, 1.807) is 0 Å². The van der Waals surface area contributed by atoms with Crippen LogP contribution < -0.4 is 0 Å². The predicted octanol–water partition coefficient (Wildman–Crippen LogP) is 0.158. The van der Waals surface area contributed by atoms with Crippen molar-refractivity contribution in [1.82, 2.24) is 0 Å². The third kappa shape index (κ3) is 2.96. The van der Waals surface area contributed by atoms with E-state index in [0.29, 0.717) is 0 Å². The van der Waals surface area contributed by atoms with Gasteiger partial charge < -0.3 is 4.74 Å². The van der Waals surface area contributed by atoms with Gasteiger partial charge in [0.2, 0.25) is 0 Å². The van der Waals surface area contributed by atoms with Gasteiger partial charge in [-0.1, -0.05) is 0 Å². The third-order valence-electron chi connectivity index (χ3n) is 0.858. The van der Waals surface area contributed by atoms with E-state index in [-0.39, 0.29) is 17.9 Å². The lowest BCUT2D eigenvalue weighted by Crippen LogP contribution is -2.16. The molecular formula is C6H9NO3. The molecule has 0 aliphatic rings. The second-order valence-corrected chi connectivity index (χ2v) is 1.85. The fourth-order valence-corrected chi connectivity index (χ4v) is 0.444. The Bertz CT molecular complexity index is 174. The SMILES string of the molecule is COC(=O)C(=N)CC(C)=O. The molecule has 0 amide bonds. The lowest BCUT2D eigenvalue weighted by molar-refractivity contribution is -0.133. The quantitative estimate of drug-likeness (QED) is 0.452. The van der Waals surface area contributed by atoms with E-state index in [4.69, 9.17) is 5.41 Å². The molecule has 4 heteroatoms. The summed E-state index contributed by atoms with van der Waals surface area (Å²) in [5, 5.41) is 6.93. The Hall–Kier alpha value is -1.19. The maximum atomic E-state index is 10.4. The summed E-state index contributed by atoms with van der Waals surface area (Å²) in [4.78, 5) is 20.8. The number of ether oxygens (including phenoxy) is 1. The van der Waals surface area contributed by atoms with Crippen molar-refractivity contribution in [1.29, 1.82) is 5.41 Å². The highest BCUT2D eigenvalue weighted by molar-refractivity contribution is 6.38. The zero-order valence-corrected chi connectivity index (χ0v) is 5.93. The Labute approximate surface area is 58.7 Å². The molecule has 0 aromatic heterocycles. The molecule has 0 aliphatic carbocycles. The van der Waals surface area contributed by atoms with Crippen LogP contribution >= 0.6 is 0 Å². The number of rotatable bonds is 3. The normalized spacial score (nSPS) is 8.60. The zero-order chi connectivity index (χ0) is 8.15. The minimum Gasteiger partial charge on any atom is -0.465 e. The average Bonchev–Trinajstić information content (AvgIpc) is 1.85. The van der Waals surface area contributed by atoms with E-state index < -0.39 is 5.97 Å². The molecule has 56 valence electrons. The van der Waals surface area contributed by atoms with Crippen molar-refractivity contribution in [2.75, 3.05) is 7.11 Å². The van der Waals surface area contributed by atoms with E-state index >= 15 is 0 Å². The van der Waals surface area contributed by atoms with Crippen molar-refractivity contribution in [3.8, 4) is 0 Å². The monoisotopic (exact) mass is 143 g/mol. The van der Waals surface area contributed by atoms with Gasteiger partial charge >= 0.3 is 5.97 Å². The minimum absolute atomic E-state index is 0.146. The standard InChI is InChI=1S/C6H9NO3/c1-4(8)3-5(7)6(9)10-2/h7H,3H2,1-2H3. The Kier molecular flexibility index (Phi) is 3.32. The molecule has 0 saturated heterocycles. The van der Waals surface area contributed by atoms with Gasteiger partial charge in [0.15, 0.2) is 0 Å². The van der Waals surface area contributed by atoms with Gasteiger partial charge in [-0.05, 0) is 6.92 Å². The van der Waals surface area contributed by atoms with E-state index in [1.165, 1.54) is 14.0 Å². The van der Waals surface area contributed by atoms with E-state index in [0.717, 1.165) is 0 Å². The summed E-state index contributed by atoms with van der Waals surface area (Å²) >= 11 is 0. The van der Waals surface area contributed by atoms with Crippen LogP contribution in [-0.4, -0.2) is 24.6 Å². The summed E-state index contributed by atoms with van der Waals surface area (Å²) in [6.45, 7) is 1.32. The van der Waals surface area contributed by atoms with E-state index in [2.05, 4.69) is 4.74 Å². The molecule has 0 radical (unpaired) electrons. The summed E-state index contributed by atoms with van der Waals surface area (Å²) in [6, 6.07) is 0. The van der Waals surface area contributed by atoms with Crippen molar-refractivity contribution in [3.05, 3.63) is 0 Å². The number of nitrogens with one attached hydrogen (secondary N) is 1. The van der Waals surface area contributed by atoms with Crippen LogP contribution in [-0.2, 0) is 14.3 Å². The Morgan fingerprint density at radius 3 is 2.30 bits per heavy atom. The molecule has 0 rings (SSSR count). The number of Topliss-reactive ketones (excluding diaryl/α,β-unsaturated/α-hetero) is 1. The molecule has 0 bridgehead atoms. The Balaban J connectivity index is 3.86. The topological polar surface area (TPSA) is 67.2 Å². The van der Waals surface area contributed by atoms with Crippen LogP contribution in [0.15, 0.2) is 0 Å². The van der Waals surface area contributed by atoms with E-state index in [1.807, 2.05) is 0 Å². The molecule has 0 heterocycles. The Morgan fingerprint density at radius 1 is 1.50 bits per heavy atom. The van der Waals surface area contributed by atoms with Gasteiger partial charge in [0, 0.05) is 0 Å². The molecule has 1 N–H and O–H groups in total. The van der Waals surface area contributed by atoms with Crippen molar-refractivity contribution in [2.45, 2.75) is 13.3 Å². The minimum atomic E-state index is -0.741. The molecule has 0 unspecified atom stereocenters. The number of carbonyl (C=O) groups excluding carboxylic acids is 2. The summed E-state index contributed by atoms with van der Waals surface area (Å²) < 4.78 is 4.20. The first kappa shape index (κ1) is 8.81. The molecule has 4 nitrogen and oxygen atoms in total. The molecule has 0 aliphatic heterocycles. The molecular weight excluding hydrogens is 134 g/mol. The van der Waals surface area contributed by atoms with Crippen molar-refractivity contribution in [2.24, 2.45) is 0 Å². The summed E-state index contributed by atoms with van der Waals surface area (Å²) in [6.07, 6.45) is -0.146. The molecule has 0 atom stereocenters. The molecule has 0 spiro atoms. The molecule has 0 aromatic rings. The van der Waals surface area contributed by atoms with Gasteiger partial charge in [-0.3, -0.25) is 10.2 Å².